The van der Waals surface area contributed by atoms with Crippen molar-refractivity contribution in [3.63, 3.8) is 0 Å². The van der Waals surface area contributed by atoms with Crippen molar-refractivity contribution in [3.05, 3.63) is 82.4 Å². The van der Waals surface area contributed by atoms with Crippen LogP contribution in [0.1, 0.15) is 76.3 Å². The number of aromatic hydroxyl groups is 1. The molecule has 238 valence electrons. The van der Waals surface area contributed by atoms with E-state index in [0.717, 1.165) is 70.1 Å². The van der Waals surface area contributed by atoms with Gasteiger partial charge in [0.25, 0.3) is 0 Å². The van der Waals surface area contributed by atoms with E-state index in [1.54, 1.807) is 17.0 Å². The molecule has 7 nitrogen and oxygen atoms in total. The van der Waals surface area contributed by atoms with Crippen LogP contribution in [0.3, 0.4) is 0 Å². The van der Waals surface area contributed by atoms with Crippen molar-refractivity contribution in [3.8, 4) is 5.75 Å². The summed E-state index contributed by atoms with van der Waals surface area (Å²) < 4.78 is 6.23. The van der Waals surface area contributed by atoms with E-state index in [4.69, 9.17) is 4.65 Å². The fourth-order valence-corrected chi connectivity index (χ4v) is 8.34. The summed E-state index contributed by atoms with van der Waals surface area (Å²) in [5.74, 6) is -0.680. The zero-order chi connectivity index (χ0) is 31.5. The molecule has 2 aromatic carbocycles. The summed E-state index contributed by atoms with van der Waals surface area (Å²) in [6.45, 7) is 6.93. The number of hydrogen-bond donors (Lipinski definition) is 2. The van der Waals surface area contributed by atoms with Crippen LogP contribution in [0.5, 0.6) is 5.75 Å². The zero-order valence-corrected chi connectivity index (χ0v) is 26.7. The summed E-state index contributed by atoms with van der Waals surface area (Å²) in [6.07, 6.45) is 8.75. The average molecular weight is 611 g/mol. The van der Waals surface area contributed by atoms with E-state index in [1.165, 1.54) is 22.3 Å². The fraction of sp³-hybridized carbons (Fsp3) is 0.514. The van der Waals surface area contributed by atoms with E-state index in [-0.39, 0.29) is 41.5 Å². The third kappa shape index (κ3) is 6.84. The van der Waals surface area contributed by atoms with Gasteiger partial charge in [-0.25, -0.2) is 0 Å². The molecule has 4 atom stereocenters. The van der Waals surface area contributed by atoms with Gasteiger partial charge in [-0.15, -0.1) is 0 Å². The predicted molar refractivity (Wildman–Crippen MR) is 177 cm³/mol. The van der Waals surface area contributed by atoms with Crippen molar-refractivity contribution in [1.29, 1.82) is 0 Å². The number of imide groups is 1. The van der Waals surface area contributed by atoms with Crippen molar-refractivity contribution in [2.75, 3.05) is 13.1 Å². The number of benzene rings is 2. The topological polar surface area (TPSA) is 90.3 Å². The number of likely N-dealkylation sites (tertiary alicyclic amines) is 2. The smallest absolute Gasteiger partial charge is 0.455 e. The summed E-state index contributed by atoms with van der Waals surface area (Å²) >= 11 is 0. The third-order valence-electron chi connectivity index (χ3n) is 10.5. The molecule has 0 bridgehead atoms. The van der Waals surface area contributed by atoms with Crippen molar-refractivity contribution in [2.24, 2.45) is 17.8 Å². The third-order valence-corrected chi connectivity index (χ3v) is 10.5. The molecule has 3 heterocycles. The van der Waals surface area contributed by atoms with Gasteiger partial charge in [-0.2, -0.15) is 0 Å². The van der Waals surface area contributed by atoms with Crippen molar-refractivity contribution >= 4 is 25.0 Å². The zero-order valence-electron chi connectivity index (χ0n) is 26.7. The van der Waals surface area contributed by atoms with E-state index < -0.39 is 13.0 Å². The molecule has 2 amide bonds. The van der Waals surface area contributed by atoms with Gasteiger partial charge < -0.3 is 14.8 Å². The van der Waals surface area contributed by atoms with Crippen LogP contribution in [0.4, 0.5) is 0 Å². The molecule has 2 N–H and O–H groups in total. The van der Waals surface area contributed by atoms with E-state index >= 15 is 0 Å². The Hall–Kier alpha value is -3.20. The summed E-state index contributed by atoms with van der Waals surface area (Å²) in [5, 5.41) is 20.6. The molecule has 45 heavy (non-hydrogen) atoms. The molecule has 0 aromatic heterocycles. The van der Waals surface area contributed by atoms with Gasteiger partial charge in [-0.1, -0.05) is 80.0 Å². The Morgan fingerprint density at radius 2 is 1.73 bits per heavy atom. The number of amides is 2. The second-order valence-corrected chi connectivity index (χ2v) is 13.4. The highest BCUT2D eigenvalue weighted by atomic mass is 16.5. The van der Waals surface area contributed by atoms with E-state index in [1.807, 2.05) is 18.2 Å². The Morgan fingerprint density at radius 3 is 2.42 bits per heavy atom. The Morgan fingerprint density at radius 1 is 1.00 bits per heavy atom. The predicted octanol–water partition coefficient (Wildman–Crippen LogP) is 6.23. The maximum absolute atomic E-state index is 14.2. The molecular weight excluding hydrogens is 563 g/mol. The van der Waals surface area contributed by atoms with Crippen LogP contribution in [0.15, 0.2) is 71.3 Å². The minimum Gasteiger partial charge on any atom is -0.508 e. The first-order valence-corrected chi connectivity index (χ1v) is 17.0. The van der Waals surface area contributed by atoms with E-state index in [0.29, 0.717) is 12.7 Å². The Bertz CT molecular complexity index is 1420. The molecular formula is C37H47BN2O5. The maximum Gasteiger partial charge on any atom is 0.455 e. The van der Waals surface area contributed by atoms with Crippen LogP contribution >= 0.6 is 0 Å². The quantitative estimate of drug-likeness (QED) is 0.189. The van der Waals surface area contributed by atoms with Crippen LogP contribution in [0.25, 0.3) is 6.08 Å². The van der Waals surface area contributed by atoms with Gasteiger partial charge in [-0.3, -0.25) is 19.4 Å². The highest BCUT2D eigenvalue weighted by Crippen LogP contribution is 2.52. The van der Waals surface area contributed by atoms with Crippen molar-refractivity contribution < 1.29 is 24.4 Å². The first kappa shape index (κ1) is 31.8. The summed E-state index contributed by atoms with van der Waals surface area (Å²) in [5.41, 5.74) is 6.04. The lowest BCUT2D eigenvalue weighted by molar-refractivity contribution is -0.144. The molecule has 3 fully saturated rings. The lowest BCUT2D eigenvalue weighted by Gasteiger charge is -2.43. The van der Waals surface area contributed by atoms with Crippen molar-refractivity contribution in [1.82, 2.24) is 9.80 Å². The Labute approximate surface area is 268 Å². The molecule has 6 rings (SSSR count). The molecule has 3 saturated heterocycles. The van der Waals surface area contributed by atoms with Gasteiger partial charge in [0.2, 0.25) is 11.8 Å². The maximum atomic E-state index is 14.2. The molecule has 0 spiro atoms. The van der Waals surface area contributed by atoms with Crippen molar-refractivity contribution in [2.45, 2.75) is 90.2 Å². The van der Waals surface area contributed by atoms with Crippen LogP contribution in [-0.4, -0.2) is 64.1 Å². The Balaban J connectivity index is 1.18. The molecule has 4 aliphatic rings. The standard InChI is InChI=1S/C37H47BN2O5/c1-3-8-28-22-31-35(37(43)40(36(31)42)29-17-19-39(20-18-29)24-27-9-6-5-7-10-27)32-23-38(44)45-33(34(28)32)16-13-25(4-2)21-26-11-14-30(41)15-12-26/h5-7,9-12,14-15,21,29,31-33,35,41,44H,3-4,8,13,16-20,22-24H2,1-2H3/b25-21+/t31-,32+,33-,35-/m1/s1. The van der Waals surface area contributed by atoms with Crippen LogP contribution < -0.4 is 0 Å². The van der Waals surface area contributed by atoms with Gasteiger partial charge >= 0.3 is 7.12 Å². The number of phenolic OH excluding ortho intramolecular Hbond substituents is 1. The highest BCUT2D eigenvalue weighted by Gasteiger charge is 2.58. The summed E-state index contributed by atoms with van der Waals surface area (Å²) in [4.78, 5) is 32.3. The first-order chi connectivity index (χ1) is 21.9. The van der Waals surface area contributed by atoms with Gasteiger partial charge in [0, 0.05) is 25.7 Å². The molecule has 2 aromatic rings. The normalized spacial score (nSPS) is 26.4. The fourth-order valence-electron chi connectivity index (χ4n) is 8.34. The van der Waals surface area contributed by atoms with Gasteiger partial charge in [0.05, 0.1) is 17.9 Å². The molecule has 8 heteroatoms. The number of rotatable bonds is 10. The SMILES string of the molecule is CCCC1=C2[C@@H](CC/C(=C/c3ccc(O)cc3)CC)OB(O)C[C@@H]2[C@@H]2C(=O)N(C3CCN(Cc4ccccc4)CC3)C(=O)[C@@H]2C1. The van der Waals surface area contributed by atoms with E-state index in [2.05, 4.69) is 49.1 Å². The average Bonchev–Trinajstić information content (AvgIpc) is 3.29. The number of piperidine rings is 1. The lowest BCUT2D eigenvalue weighted by Crippen LogP contribution is -2.48. The minimum absolute atomic E-state index is 0.00166. The second-order valence-electron chi connectivity index (χ2n) is 13.4. The molecule has 1 aliphatic carbocycles. The Kier molecular flexibility index (Phi) is 9.93. The van der Waals surface area contributed by atoms with Crippen LogP contribution in [0.2, 0.25) is 6.32 Å². The second kappa shape index (κ2) is 14.1. The lowest BCUT2D eigenvalue weighted by atomic mass is 9.58. The number of phenols is 1. The van der Waals surface area contributed by atoms with Crippen LogP contribution in [-0.2, 0) is 20.8 Å². The van der Waals surface area contributed by atoms with Gasteiger partial charge in [0.1, 0.15) is 5.75 Å². The number of nitrogens with zero attached hydrogens (tertiary/aromatic N) is 2. The van der Waals surface area contributed by atoms with Gasteiger partial charge in [-0.05, 0) is 86.0 Å². The first-order valence-electron chi connectivity index (χ1n) is 17.0. The summed E-state index contributed by atoms with van der Waals surface area (Å²) in [6, 6.07) is 17.6. The number of hydrogen-bond acceptors (Lipinski definition) is 6. The number of allylic oxidation sites excluding steroid dienone is 2. The van der Waals surface area contributed by atoms with Crippen LogP contribution in [0, 0.1) is 17.8 Å². The molecule has 0 unspecified atom stereocenters. The van der Waals surface area contributed by atoms with Gasteiger partial charge in [0.15, 0.2) is 0 Å². The number of fused-ring (bicyclic) bond motifs is 3. The van der Waals surface area contributed by atoms with E-state index in [9.17, 15) is 19.7 Å². The highest BCUT2D eigenvalue weighted by molar-refractivity contribution is 6.43. The largest absolute Gasteiger partial charge is 0.508 e. The summed E-state index contributed by atoms with van der Waals surface area (Å²) in [7, 11) is -0.949. The molecule has 0 saturated carbocycles. The molecule has 0 radical (unpaired) electrons. The monoisotopic (exact) mass is 610 g/mol. The molecule has 3 aliphatic heterocycles. The minimum atomic E-state index is -0.949. The number of carbonyl (C=O) groups is 2. The number of carbonyl (C=O) groups excluding carboxylic acids is 2.